The second-order valence-corrected chi connectivity index (χ2v) is 7.13. The fourth-order valence-corrected chi connectivity index (χ4v) is 4.99. The third-order valence-corrected chi connectivity index (χ3v) is 6.25. The van der Waals surface area contributed by atoms with Crippen molar-refractivity contribution >= 4 is 22.4 Å². The molecule has 1 saturated heterocycles. The summed E-state index contributed by atoms with van der Waals surface area (Å²) < 4.78 is 26.6. The zero-order chi connectivity index (χ0) is 11.6. The van der Waals surface area contributed by atoms with Gasteiger partial charge < -0.3 is 5.32 Å². The van der Waals surface area contributed by atoms with Crippen LogP contribution in [0.3, 0.4) is 0 Å². The van der Waals surface area contributed by atoms with Crippen LogP contribution in [0.2, 0.25) is 0 Å². The maximum atomic E-state index is 12.4. The number of piperazine rings is 1. The van der Waals surface area contributed by atoms with Crippen LogP contribution in [0.1, 0.15) is 39.0 Å². The molecule has 2 rings (SSSR count). The molecule has 0 aromatic carbocycles. The van der Waals surface area contributed by atoms with Gasteiger partial charge in [0.05, 0.1) is 5.25 Å². The van der Waals surface area contributed by atoms with Crippen LogP contribution >= 0.6 is 12.4 Å². The number of rotatable bonds is 2. The van der Waals surface area contributed by atoms with E-state index in [2.05, 4.69) is 5.32 Å². The van der Waals surface area contributed by atoms with Gasteiger partial charge in [0.1, 0.15) is 0 Å². The molecule has 1 N–H and O–H groups in total. The predicted octanol–water partition coefficient (Wildman–Crippen LogP) is 1.36. The first-order valence-corrected chi connectivity index (χ1v) is 7.84. The van der Waals surface area contributed by atoms with Gasteiger partial charge in [-0.3, -0.25) is 0 Å². The molecular weight excluding hydrogens is 260 g/mol. The van der Waals surface area contributed by atoms with Crippen molar-refractivity contribution in [2.24, 2.45) is 0 Å². The normalized spacial score (nSPS) is 28.6. The van der Waals surface area contributed by atoms with Crippen LogP contribution in [0.5, 0.6) is 0 Å². The molecule has 0 aromatic heterocycles. The van der Waals surface area contributed by atoms with E-state index in [1.807, 2.05) is 6.92 Å². The summed E-state index contributed by atoms with van der Waals surface area (Å²) in [6.07, 6.45) is 5.07. The van der Waals surface area contributed by atoms with Crippen molar-refractivity contribution < 1.29 is 8.42 Å². The Morgan fingerprint density at radius 2 is 1.82 bits per heavy atom. The second kappa shape index (κ2) is 6.36. The van der Waals surface area contributed by atoms with Crippen molar-refractivity contribution in [1.29, 1.82) is 0 Å². The molecule has 0 amide bonds. The third-order valence-electron chi connectivity index (χ3n) is 3.74. The van der Waals surface area contributed by atoms with Crippen LogP contribution in [-0.2, 0) is 10.0 Å². The summed E-state index contributed by atoms with van der Waals surface area (Å²) in [5.41, 5.74) is 0. The molecule has 102 valence electrons. The van der Waals surface area contributed by atoms with Gasteiger partial charge in [-0.15, -0.1) is 12.4 Å². The van der Waals surface area contributed by atoms with Gasteiger partial charge in [-0.25, -0.2) is 8.42 Å². The Labute approximate surface area is 111 Å². The average Bonchev–Trinajstić information content (AvgIpc) is 2.30. The molecule has 1 aliphatic heterocycles. The molecule has 2 fully saturated rings. The summed E-state index contributed by atoms with van der Waals surface area (Å²) in [7, 11) is -3.04. The van der Waals surface area contributed by atoms with Crippen LogP contribution < -0.4 is 5.32 Å². The molecule has 1 atom stereocenters. The van der Waals surface area contributed by atoms with E-state index < -0.39 is 10.0 Å². The Morgan fingerprint density at radius 3 is 2.41 bits per heavy atom. The van der Waals surface area contributed by atoms with Gasteiger partial charge in [0.25, 0.3) is 0 Å². The molecule has 1 heterocycles. The van der Waals surface area contributed by atoms with Gasteiger partial charge in [-0.05, 0) is 19.8 Å². The smallest absolute Gasteiger partial charge is 0.217 e. The number of nitrogens with zero attached hydrogens (tertiary/aromatic N) is 1. The van der Waals surface area contributed by atoms with Crippen molar-refractivity contribution in [2.75, 3.05) is 19.6 Å². The van der Waals surface area contributed by atoms with Gasteiger partial charge in [0.15, 0.2) is 0 Å². The molecule has 17 heavy (non-hydrogen) atoms. The summed E-state index contributed by atoms with van der Waals surface area (Å²) in [4.78, 5) is 0. The molecule has 2 aliphatic rings. The van der Waals surface area contributed by atoms with Crippen molar-refractivity contribution in [2.45, 2.75) is 50.3 Å². The summed E-state index contributed by atoms with van der Waals surface area (Å²) in [6.45, 7) is 4.20. The van der Waals surface area contributed by atoms with E-state index in [0.717, 1.165) is 38.8 Å². The van der Waals surface area contributed by atoms with E-state index in [1.165, 1.54) is 6.42 Å². The maximum absolute atomic E-state index is 12.4. The van der Waals surface area contributed by atoms with E-state index in [4.69, 9.17) is 0 Å². The third kappa shape index (κ3) is 3.34. The van der Waals surface area contributed by atoms with Gasteiger partial charge in [-0.2, -0.15) is 4.31 Å². The van der Waals surface area contributed by atoms with Crippen molar-refractivity contribution in [3.8, 4) is 0 Å². The topological polar surface area (TPSA) is 49.4 Å². The molecular formula is C11H23ClN2O2S. The van der Waals surface area contributed by atoms with Crippen LogP contribution in [-0.4, -0.2) is 43.6 Å². The molecule has 1 aliphatic carbocycles. The predicted molar refractivity (Wildman–Crippen MR) is 72.1 cm³/mol. The van der Waals surface area contributed by atoms with E-state index in [-0.39, 0.29) is 23.7 Å². The Bertz CT molecular complexity index is 328. The molecule has 0 radical (unpaired) electrons. The maximum Gasteiger partial charge on any atom is 0.217 e. The first-order valence-electron chi connectivity index (χ1n) is 6.34. The van der Waals surface area contributed by atoms with E-state index in [9.17, 15) is 8.42 Å². The first-order chi connectivity index (χ1) is 7.62. The fraction of sp³-hybridized carbons (Fsp3) is 1.00. The standard InChI is InChI=1S/C11H22N2O2S.ClH/c1-10-9-12-7-8-13(10)16(14,15)11-5-3-2-4-6-11;/h10-12H,2-9H2,1H3;1H/t10-;/m0./s1. The number of sulfonamides is 1. The summed E-state index contributed by atoms with van der Waals surface area (Å²) in [6, 6.07) is 0.112. The largest absolute Gasteiger partial charge is 0.314 e. The number of hydrogen-bond acceptors (Lipinski definition) is 3. The minimum atomic E-state index is -3.04. The number of nitrogens with one attached hydrogen (secondary N) is 1. The summed E-state index contributed by atoms with van der Waals surface area (Å²) in [5, 5.41) is 3.12. The molecule has 0 aromatic rings. The van der Waals surface area contributed by atoms with Crippen LogP contribution in [0.4, 0.5) is 0 Å². The molecule has 0 spiro atoms. The minimum absolute atomic E-state index is 0. The number of hydrogen-bond donors (Lipinski definition) is 1. The van der Waals surface area contributed by atoms with E-state index >= 15 is 0 Å². The van der Waals surface area contributed by atoms with Crippen LogP contribution in [0, 0.1) is 0 Å². The molecule has 4 nitrogen and oxygen atoms in total. The highest BCUT2D eigenvalue weighted by Crippen LogP contribution is 2.27. The SMILES string of the molecule is C[C@H]1CNCCN1S(=O)(=O)C1CCCCC1.Cl. The highest BCUT2D eigenvalue weighted by molar-refractivity contribution is 7.89. The summed E-state index contributed by atoms with van der Waals surface area (Å²) >= 11 is 0. The Hall–Kier alpha value is 0.160. The highest BCUT2D eigenvalue weighted by atomic mass is 35.5. The van der Waals surface area contributed by atoms with E-state index in [0.29, 0.717) is 6.54 Å². The molecule has 0 unspecified atom stereocenters. The lowest BCUT2D eigenvalue weighted by Gasteiger charge is -2.36. The van der Waals surface area contributed by atoms with Crippen LogP contribution in [0.15, 0.2) is 0 Å². The quantitative estimate of drug-likeness (QED) is 0.832. The van der Waals surface area contributed by atoms with Gasteiger partial charge in [0.2, 0.25) is 10.0 Å². The summed E-state index contributed by atoms with van der Waals surface area (Å²) in [5.74, 6) is 0. The van der Waals surface area contributed by atoms with Crippen molar-refractivity contribution in [3.63, 3.8) is 0 Å². The fourth-order valence-electron chi connectivity index (χ4n) is 2.75. The van der Waals surface area contributed by atoms with Gasteiger partial charge in [0, 0.05) is 25.7 Å². The van der Waals surface area contributed by atoms with E-state index in [1.54, 1.807) is 4.31 Å². The average molecular weight is 283 g/mol. The minimum Gasteiger partial charge on any atom is -0.314 e. The molecule has 1 saturated carbocycles. The lowest BCUT2D eigenvalue weighted by atomic mass is 10.0. The van der Waals surface area contributed by atoms with Crippen molar-refractivity contribution in [1.82, 2.24) is 9.62 Å². The zero-order valence-corrected chi connectivity index (χ0v) is 12.0. The Balaban J connectivity index is 0.00000144. The second-order valence-electron chi connectivity index (χ2n) is 4.97. The highest BCUT2D eigenvalue weighted by Gasteiger charge is 2.36. The number of halogens is 1. The van der Waals surface area contributed by atoms with Gasteiger partial charge in [-0.1, -0.05) is 19.3 Å². The monoisotopic (exact) mass is 282 g/mol. The van der Waals surface area contributed by atoms with Crippen molar-refractivity contribution in [3.05, 3.63) is 0 Å². The van der Waals surface area contributed by atoms with Gasteiger partial charge >= 0.3 is 0 Å². The molecule has 0 bridgehead atoms. The first kappa shape index (κ1) is 15.2. The Morgan fingerprint density at radius 1 is 1.18 bits per heavy atom. The lowest BCUT2D eigenvalue weighted by molar-refractivity contribution is 0.277. The zero-order valence-electron chi connectivity index (χ0n) is 10.4. The lowest BCUT2D eigenvalue weighted by Crippen LogP contribution is -2.54. The Kier molecular flexibility index (Phi) is 5.70. The van der Waals surface area contributed by atoms with Crippen LogP contribution in [0.25, 0.3) is 0 Å². The molecule has 6 heteroatoms.